The molecule has 1 aliphatic heterocycles. The second-order valence-electron chi connectivity index (χ2n) is 7.79. The number of aromatic nitrogens is 9. The third-order valence-corrected chi connectivity index (χ3v) is 4.30. The summed E-state index contributed by atoms with van der Waals surface area (Å²) in [5.74, 6) is 1.69. The first-order chi connectivity index (χ1) is 12.8. The second-order valence-corrected chi connectivity index (χ2v) is 7.79. The SMILES string of the molecule is CC(c1nnn[nH]1)n1nc2nc(NC(C)(C)C)nc(N3CC[C@H](O)C3)c2n1. The van der Waals surface area contributed by atoms with Crippen LogP contribution in [0.25, 0.3) is 11.2 Å². The van der Waals surface area contributed by atoms with Crippen molar-refractivity contribution in [1.82, 2.24) is 45.6 Å². The molecule has 1 aliphatic rings. The van der Waals surface area contributed by atoms with E-state index in [9.17, 15) is 5.11 Å². The molecule has 27 heavy (non-hydrogen) atoms. The van der Waals surface area contributed by atoms with Crippen molar-refractivity contribution in [2.45, 2.75) is 51.8 Å². The zero-order valence-electron chi connectivity index (χ0n) is 15.7. The topological polar surface area (TPSA) is 146 Å². The number of nitrogens with zero attached hydrogens (tertiary/aromatic N) is 9. The van der Waals surface area contributed by atoms with Crippen molar-refractivity contribution in [3.63, 3.8) is 0 Å². The monoisotopic (exact) mass is 373 g/mol. The predicted molar refractivity (Wildman–Crippen MR) is 97.3 cm³/mol. The molecule has 1 unspecified atom stereocenters. The second kappa shape index (κ2) is 6.37. The first-order valence-electron chi connectivity index (χ1n) is 8.89. The molecule has 0 saturated carbocycles. The van der Waals surface area contributed by atoms with Gasteiger partial charge in [-0.2, -0.15) is 14.8 Å². The molecule has 3 N–H and O–H groups in total. The van der Waals surface area contributed by atoms with Gasteiger partial charge in [0.2, 0.25) is 11.6 Å². The number of H-pyrrole nitrogens is 1. The van der Waals surface area contributed by atoms with Crippen LogP contribution in [0.3, 0.4) is 0 Å². The molecular formula is C15H23N11O. The van der Waals surface area contributed by atoms with Gasteiger partial charge in [0, 0.05) is 18.6 Å². The van der Waals surface area contributed by atoms with Crippen LogP contribution in [0.4, 0.5) is 11.8 Å². The minimum atomic E-state index is -0.372. The highest BCUT2D eigenvalue weighted by Gasteiger charge is 2.27. The molecule has 0 radical (unpaired) electrons. The summed E-state index contributed by atoms with van der Waals surface area (Å²) in [6, 6.07) is -0.287. The fourth-order valence-electron chi connectivity index (χ4n) is 2.98. The Morgan fingerprint density at radius 3 is 2.70 bits per heavy atom. The summed E-state index contributed by atoms with van der Waals surface area (Å²) < 4.78 is 0. The largest absolute Gasteiger partial charge is 0.391 e. The fourth-order valence-corrected chi connectivity index (χ4v) is 2.98. The van der Waals surface area contributed by atoms with Crippen molar-refractivity contribution in [3.8, 4) is 0 Å². The van der Waals surface area contributed by atoms with Crippen LogP contribution in [-0.2, 0) is 0 Å². The van der Waals surface area contributed by atoms with E-state index in [1.807, 2.05) is 32.6 Å². The highest BCUT2D eigenvalue weighted by molar-refractivity contribution is 5.84. The molecule has 0 amide bonds. The summed E-state index contributed by atoms with van der Waals surface area (Å²) in [6.45, 7) is 9.22. The standard InChI is InChI=1S/C15H23N11O/c1-8(11-19-23-24-20-11)26-21-10-12(22-26)16-14(18-15(2,3)4)17-13(10)25-6-5-9(27)7-25/h8-9,27H,5-7H2,1-4H3,(H,16,18,22)(H,19,20,23,24)/t8?,9-/m0/s1. The van der Waals surface area contributed by atoms with Gasteiger partial charge in [0.25, 0.3) is 0 Å². The molecule has 12 nitrogen and oxygen atoms in total. The first kappa shape index (κ1) is 17.5. The van der Waals surface area contributed by atoms with E-state index in [0.29, 0.717) is 48.3 Å². The molecule has 12 heteroatoms. The van der Waals surface area contributed by atoms with Crippen LogP contribution in [0.15, 0.2) is 0 Å². The lowest BCUT2D eigenvalue weighted by molar-refractivity contribution is 0.198. The van der Waals surface area contributed by atoms with Crippen molar-refractivity contribution < 1.29 is 5.11 Å². The van der Waals surface area contributed by atoms with Crippen LogP contribution in [0, 0.1) is 0 Å². The molecule has 0 aliphatic carbocycles. The van der Waals surface area contributed by atoms with Gasteiger partial charge in [0.15, 0.2) is 17.2 Å². The molecule has 0 bridgehead atoms. The Balaban J connectivity index is 1.79. The quantitative estimate of drug-likeness (QED) is 0.576. The van der Waals surface area contributed by atoms with Gasteiger partial charge in [-0.3, -0.25) is 0 Å². The van der Waals surface area contributed by atoms with Gasteiger partial charge in [-0.15, -0.1) is 15.3 Å². The minimum Gasteiger partial charge on any atom is -0.391 e. The number of aliphatic hydroxyl groups excluding tert-OH is 1. The van der Waals surface area contributed by atoms with E-state index < -0.39 is 0 Å². The van der Waals surface area contributed by atoms with Gasteiger partial charge in [-0.25, -0.2) is 5.10 Å². The third kappa shape index (κ3) is 3.52. The van der Waals surface area contributed by atoms with Gasteiger partial charge in [-0.05, 0) is 44.5 Å². The van der Waals surface area contributed by atoms with Crippen LogP contribution < -0.4 is 10.2 Å². The van der Waals surface area contributed by atoms with Crippen LogP contribution in [-0.4, -0.2) is 75.4 Å². The number of hydrogen-bond acceptors (Lipinski definition) is 10. The van der Waals surface area contributed by atoms with E-state index in [2.05, 4.69) is 46.1 Å². The van der Waals surface area contributed by atoms with Crippen molar-refractivity contribution in [2.75, 3.05) is 23.3 Å². The average molecular weight is 373 g/mol. The first-order valence-corrected chi connectivity index (χ1v) is 8.89. The summed E-state index contributed by atoms with van der Waals surface area (Å²) in [5.41, 5.74) is 0.861. The molecule has 2 atom stereocenters. The molecule has 144 valence electrons. The van der Waals surface area contributed by atoms with Crippen molar-refractivity contribution >= 4 is 22.9 Å². The number of nitrogens with one attached hydrogen (secondary N) is 2. The lowest BCUT2D eigenvalue weighted by atomic mass is 10.1. The number of anilines is 2. The molecule has 4 heterocycles. The average Bonchev–Trinajstić information content (AvgIpc) is 3.32. The summed E-state index contributed by atoms with van der Waals surface area (Å²) in [5, 5.41) is 36.2. The Morgan fingerprint density at radius 2 is 2.07 bits per heavy atom. The smallest absolute Gasteiger partial charge is 0.227 e. The van der Waals surface area contributed by atoms with Crippen molar-refractivity contribution in [1.29, 1.82) is 0 Å². The maximum absolute atomic E-state index is 9.94. The normalized spacial score (nSPS) is 19.0. The molecule has 3 aromatic rings. The van der Waals surface area contributed by atoms with E-state index in [1.165, 1.54) is 4.80 Å². The van der Waals surface area contributed by atoms with Gasteiger partial charge in [-0.1, -0.05) is 0 Å². The zero-order chi connectivity index (χ0) is 19.2. The van der Waals surface area contributed by atoms with Gasteiger partial charge in [0.1, 0.15) is 6.04 Å². The van der Waals surface area contributed by atoms with Gasteiger partial charge < -0.3 is 15.3 Å². The fraction of sp³-hybridized carbons (Fsp3) is 0.667. The Hall–Kier alpha value is -2.89. The lowest BCUT2D eigenvalue weighted by Crippen LogP contribution is -2.28. The minimum absolute atomic E-state index is 0.204. The summed E-state index contributed by atoms with van der Waals surface area (Å²) >= 11 is 0. The molecule has 1 fully saturated rings. The number of fused-ring (bicyclic) bond motifs is 1. The molecular weight excluding hydrogens is 350 g/mol. The Labute approximate surface area is 155 Å². The van der Waals surface area contributed by atoms with E-state index in [-0.39, 0.29) is 17.7 Å². The number of rotatable bonds is 4. The lowest BCUT2D eigenvalue weighted by Gasteiger charge is -2.22. The highest BCUT2D eigenvalue weighted by atomic mass is 16.3. The molecule has 3 aromatic heterocycles. The Bertz CT molecular complexity index is 929. The summed E-state index contributed by atoms with van der Waals surface area (Å²) in [4.78, 5) is 12.7. The van der Waals surface area contributed by atoms with Crippen LogP contribution in [0.5, 0.6) is 0 Å². The van der Waals surface area contributed by atoms with Crippen LogP contribution >= 0.6 is 0 Å². The number of aromatic amines is 1. The predicted octanol–water partition coefficient (Wildman–Crippen LogP) is 0.125. The number of β-amino-alcohol motifs (C(OH)–C–C–N with tert-alkyl or cyclic N) is 1. The van der Waals surface area contributed by atoms with E-state index in [4.69, 9.17) is 0 Å². The highest BCUT2D eigenvalue weighted by Crippen LogP contribution is 2.28. The molecule has 4 rings (SSSR count). The molecule has 1 saturated heterocycles. The molecule has 0 aromatic carbocycles. The maximum Gasteiger partial charge on any atom is 0.227 e. The van der Waals surface area contributed by atoms with E-state index in [0.717, 1.165) is 0 Å². The Kier molecular flexibility index (Phi) is 4.13. The van der Waals surface area contributed by atoms with E-state index >= 15 is 0 Å². The third-order valence-electron chi connectivity index (χ3n) is 4.30. The zero-order valence-corrected chi connectivity index (χ0v) is 15.7. The number of aliphatic hydroxyl groups is 1. The maximum atomic E-state index is 9.94. The van der Waals surface area contributed by atoms with Crippen molar-refractivity contribution in [3.05, 3.63) is 5.82 Å². The van der Waals surface area contributed by atoms with E-state index in [1.54, 1.807) is 0 Å². The number of tetrazole rings is 1. The summed E-state index contributed by atoms with van der Waals surface area (Å²) in [7, 11) is 0. The van der Waals surface area contributed by atoms with Gasteiger partial charge in [0.05, 0.1) is 6.10 Å². The van der Waals surface area contributed by atoms with Crippen molar-refractivity contribution in [2.24, 2.45) is 0 Å². The van der Waals surface area contributed by atoms with Gasteiger partial charge >= 0.3 is 0 Å². The number of hydrogen-bond donors (Lipinski definition) is 3. The summed E-state index contributed by atoms with van der Waals surface area (Å²) in [6.07, 6.45) is 0.324. The Morgan fingerprint density at radius 1 is 1.26 bits per heavy atom. The van der Waals surface area contributed by atoms with Crippen LogP contribution in [0.1, 0.15) is 46.0 Å². The molecule has 0 spiro atoms. The van der Waals surface area contributed by atoms with Crippen LogP contribution in [0.2, 0.25) is 0 Å².